The second-order valence-corrected chi connectivity index (χ2v) is 8.90. The zero-order chi connectivity index (χ0) is 22.9. The van der Waals surface area contributed by atoms with Gasteiger partial charge in [-0.25, -0.2) is 0 Å². The Labute approximate surface area is 196 Å². The van der Waals surface area contributed by atoms with E-state index < -0.39 is 6.04 Å². The summed E-state index contributed by atoms with van der Waals surface area (Å²) in [5, 5.41) is 6.10. The number of carbonyl (C=O) groups excluding carboxylic acids is 2. The van der Waals surface area contributed by atoms with Gasteiger partial charge in [0.15, 0.2) is 0 Å². The van der Waals surface area contributed by atoms with Crippen molar-refractivity contribution in [2.45, 2.75) is 51.0 Å². The average Bonchev–Trinajstić information content (AvgIpc) is 3.38. The first-order valence-electron chi connectivity index (χ1n) is 12.0. The highest BCUT2D eigenvalue weighted by molar-refractivity contribution is 6.00. The molecular weight excluding hydrogens is 408 g/mol. The zero-order valence-corrected chi connectivity index (χ0v) is 19.0. The molecule has 1 aliphatic carbocycles. The highest BCUT2D eigenvalue weighted by atomic mass is 16.2. The molecule has 0 saturated heterocycles. The first-order chi connectivity index (χ1) is 16.2. The van der Waals surface area contributed by atoms with Crippen LogP contribution in [0, 0.1) is 5.92 Å². The fraction of sp³-hybridized carbons (Fsp3) is 0.310. The summed E-state index contributed by atoms with van der Waals surface area (Å²) in [6.07, 6.45) is 6.81. The molecular formula is C29H32N2O2. The van der Waals surface area contributed by atoms with E-state index in [1.807, 2.05) is 84.9 Å². The van der Waals surface area contributed by atoms with Gasteiger partial charge in [0.05, 0.1) is 0 Å². The SMILES string of the molecule is O=C(CCC1CCCC1)NC(Cc1ccccc1)C(=O)Nc1ccccc1-c1ccccc1. The van der Waals surface area contributed by atoms with Gasteiger partial charge in [-0.1, -0.05) is 105 Å². The standard InChI is InChI=1S/C29H32N2O2/c32-28(20-19-22-11-7-8-12-22)30-27(21-23-13-3-1-4-14-23)29(33)31-26-18-10-9-17-25(26)24-15-5-2-6-16-24/h1-6,9-10,13-18,22,27H,7-8,11-12,19-21H2,(H,30,32)(H,31,33). The first-order valence-corrected chi connectivity index (χ1v) is 12.0. The Balaban J connectivity index is 1.48. The molecule has 1 aliphatic rings. The minimum Gasteiger partial charge on any atom is -0.344 e. The van der Waals surface area contributed by atoms with Crippen LogP contribution >= 0.6 is 0 Å². The number of anilines is 1. The lowest BCUT2D eigenvalue weighted by Crippen LogP contribution is -2.45. The quantitative estimate of drug-likeness (QED) is 0.429. The number of benzene rings is 3. The Morgan fingerprint density at radius 2 is 1.45 bits per heavy atom. The lowest BCUT2D eigenvalue weighted by Gasteiger charge is -2.20. The van der Waals surface area contributed by atoms with Crippen LogP contribution in [0.4, 0.5) is 5.69 Å². The predicted octanol–water partition coefficient (Wildman–Crippen LogP) is 5.99. The third-order valence-electron chi connectivity index (χ3n) is 6.46. The maximum atomic E-state index is 13.4. The van der Waals surface area contributed by atoms with E-state index in [9.17, 15) is 9.59 Å². The Kier molecular flexibility index (Phi) is 7.91. The maximum absolute atomic E-state index is 13.4. The summed E-state index contributed by atoms with van der Waals surface area (Å²) in [6, 6.07) is 27.0. The lowest BCUT2D eigenvalue weighted by atomic mass is 10.0. The van der Waals surface area contributed by atoms with Crippen molar-refractivity contribution < 1.29 is 9.59 Å². The molecule has 1 saturated carbocycles. The maximum Gasteiger partial charge on any atom is 0.247 e. The van der Waals surface area contributed by atoms with Gasteiger partial charge in [-0.3, -0.25) is 9.59 Å². The molecule has 0 bridgehead atoms. The summed E-state index contributed by atoms with van der Waals surface area (Å²) in [5.41, 5.74) is 3.75. The van der Waals surface area contributed by atoms with Crippen molar-refractivity contribution in [2.24, 2.45) is 5.92 Å². The molecule has 1 atom stereocenters. The van der Waals surface area contributed by atoms with Crippen molar-refractivity contribution in [2.75, 3.05) is 5.32 Å². The average molecular weight is 441 g/mol. The van der Waals surface area contributed by atoms with Gasteiger partial charge >= 0.3 is 0 Å². The van der Waals surface area contributed by atoms with Crippen molar-refractivity contribution in [3.05, 3.63) is 90.5 Å². The number of hydrogen-bond donors (Lipinski definition) is 2. The summed E-state index contributed by atoms with van der Waals surface area (Å²) in [6.45, 7) is 0. The molecule has 0 radical (unpaired) electrons. The molecule has 3 aromatic rings. The number of carbonyl (C=O) groups is 2. The molecule has 2 N–H and O–H groups in total. The molecule has 1 fully saturated rings. The van der Waals surface area contributed by atoms with Crippen LogP contribution in [-0.4, -0.2) is 17.9 Å². The van der Waals surface area contributed by atoms with Crippen LogP contribution in [0.1, 0.15) is 44.1 Å². The van der Waals surface area contributed by atoms with Crippen molar-refractivity contribution >= 4 is 17.5 Å². The molecule has 0 aromatic heterocycles. The predicted molar refractivity (Wildman–Crippen MR) is 134 cm³/mol. The van der Waals surface area contributed by atoms with E-state index in [1.54, 1.807) is 0 Å². The van der Waals surface area contributed by atoms with E-state index in [-0.39, 0.29) is 11.8 Å². The first kappa shape index (κ1) is 22.8. The second-order valence-electron chi connectivity index (χ2n) is 8.90. The molecule has 4 heteroatoms. The number of rotatable bonds is 9. The zero-order valence-electron chi connectivity index (χ0n) is 19.0. The number of nitrogens with one attached hydrogen (secondary N) is 2. The van der Waals surface area contributed by atoms with Crippen LogP contribution in [-0.2, 0) is 16.0 Å². The molecule has 4 nitrogen and oxygen atoms in total. The lowest BCUT2D eigenvalue weighted by molar-refractivity contribution is -0.126. The van der Waals surface area contributed by atoms with Gasteiger partial charge < -0.3 is 10.6 Å². The summed E-state index contributed by atoms with van der Waals surface area (Å²) in [7, 11) is 0. The Morgan fingerprint density at radius 1 is 0.818 bits per heavy atom. The monoisotopic (exact) mass is 440 g/mol. The smallest absolute Gasteiger partial charge is 0.247 e. The van der Waals surface area contributed by atoms with Crippen LogP contribution in [0.15, 0.2) is 84.9 Å². The number of hydrogen-bond acceptors (Lipinski definition) is 2. The molecule has 0 spiro atoms. The van der Waals surface area contributed by atoms with E-state index in [0.29, 0.717) is 18.8 Å². The Morgan fingerprint density at radius 3 is 2.18 bits per heavy atom. The summed E-state index contributed by atoms with van der Waals surface area (Å²) in [5.74, 6) is 0.403. The molecule has 1 unspecified atom stereocenters. The van der Waals surface area contributed by atoms with Crippen LogP contribution in [0.2, 0.25) is 0 Å². The van der Waals surface area contributed by atoms with Gasteiger partial charge in [0.1, 0.15) is 6.04 Å². The van der Waals surface area contributed by atoms with Crippen LogP contribution < -0.4 is 10.6 Å². The Hall–Kier alpha value is -3.40. The van der Waals surface area contributed by atoms with E-state index >= 15 is 0 Å². The van der Waals surface area contributed by atoms with E-state index in [4.69, 9.17) is 0 Å². The van der Waals surface area contributed by atoms with Crippen molar-refractivity contribution in [1.82, 2.24) is 5.32 Å². The highest BCUT2D eigenvalue weighted by Crippen LogP contribution is 2.29. The van der Waals surface area contributed by atoms with Gasteiger partial charge in [0.25, 0.3) is 0 Å². The topological polar surface area (TPSA) is 58.2 Å². The van der Waals surface area contributed by atoms with E-state index in [1.165, 1.54) is 25.7 Å². The van der Waals surface area contributed by atoms with Gasteiger partial charge in [0.2, 0.25) is 11.8 Å². The second kappa shape index (κ2) is 11.5. The van der Waals surface area contributed by atoms with E-state index in [0.717, 1.165) is 28.8 Å². The van der Waals surface area contributed by atoms with E-state index in [2.05, 4.69) is 10.6 Å². The highest BCUT2D eigenvalue weighted by Gasteiger charge is 2.23. The van der Waals surface area contributed by atoms with Crippen molar-refractivity contribution in [1.29, 1.82) is 0 Å². The van der Waals surface area contributed by atoms with Crippen LogP contribution in [0.25, 0.3) is 11.1 Å². The van der Waals surface area contributed by atoms with Crippen molar-refractivity contribution in [3.63, 3.8) is 0 Å². The minimum absolute atomic E-state index is 0.0469. The molecule has 0 aliphatic heterocycles. The fourth-order valence-corrected chi connectivity index (χ4v) is 4.64. The summed E-state index contributed by atoms with van der Waals surface area (Å²) >= 11 is 0. The van der Waals surface area contributed by atoms with Gasteiger partial charge in [-0.05, 0) is 29.5 Å². The number of para-hydroxylation sites is 1. The fourth-order valence-electron chi connectivity index (χ4n) is 4.64. The number of amides is 2. The van der Waals surface area contributed by atoms with Crippen LogP contribution in [0.3, 0.4) is 0 Å². The molecule has 2 amide bonds. The van der Waals surface area contributed by atoms with Gasteiger partial charge in [-0.15, -0.1) is 0 Å². The molecule has 3 aromatic carbocycles. The minimum atomic E-state index is -0.632. The molecule has 33 heavy (non-hydrogen) atoms. The molecule has 4 rings (SSSR count). The van der Waals surface area contributed by atoms with Gasteiger partial charge in [0, 0.05) is 24.1 Å². The van der Waals surface area contributed by atoms with Gasteiger partial charge in [-0.2, -0.15) is 0 Å². The molecule has 0 heterocycles. The largest absolute Gasteiger partial charge is 0.344 e. The van der Waals surface area contributed by atoms with Crippen molar-refractivity contribution in [3.8, 4) is 11.1 Å². The third kappa shape index (κ3) is 6.55. The molecule has 170 valence electrons. The summed E-state index contributed by atoms with van der Waals surface area (Å²) < 4.78 is 0. The third-order valence-corrected chi connectivity index (χ3v) is 6.46. The normalized spacial score (nSPS) is 14.5. The van der Waals surface area contributed by atoms with Crippen LogP contribution in [0.5, 0.6) is 0 Å². The summed E-state index contributed by atoms with van der Waals surface area (Å²) in [4.78, 5) is 26.1. The Bertz CT molecular complexity index is 1040.